The molecule has 0 saturated carbocycles. The van der Waals surface area contributed by atoms with Crippen LogP contribution in [0.1, 0.15) is 37.8 Å². The Balaban J connectivity index is 2.36. The highest BCUT2D eigenvalue weighted by molar-refractivity contribution is 5.66. The number of methoxy groups -OCH3 is 1. The number of benzene rings is 1. The summed E-state index contributed by atoms with van der Waals surface area (Å²) >= 11 is 0. The van der Waals surface area contributed by atoms with Crippen LogP contribution in [-0.2, 0) is 4.79 Å². The number of carbonyl (C=O) groups is 1. The van der Waals surface area contributed by atoms with Gasteiger partial charge in [-0.1, -0.05) is 18.2 Å². The van der Waals surface area contributed by atoms with E-state index in [-0.39, 0.29) is 12.5 Å². The standard InChI is InChI=1S/C14H21NO3/c1-11(15-10-6-5-9-14(16)17)12-7-3-4-8-13(12)18-2/h3-4,7-8,11,15H,5-6,9-10H2,1-2H3,(H,16,17)/t11-/m0/s1. The van der Waals surface area contributed by atoms with E-state index in [4.69, 9.17) is 9.84 Å². The fraction of sp³-hybridized carbons (Fsp3) is 0.500. The van der Waals surface area contributed by atoms with E-state index in [2.05, 4.69) is 12.2 Å². The number of para-hydroxylation sites is 1. The van der Waals surface area contributed by atoms with Crippen LogP contribution >= 0.6 is 0 Å². The van der Waals surface area contributed by atoms with Gasteiger partial charge in [0.25, 0.3) is 0 Å². The summed E-state index contributed by atoms with van der Waals surface area (Å²) in [6.45, 7) is 2.89. The Bertz CT molecular complexity index is 379. The highest BCUT2D eigenvalue weighted by Gasteiger charge is 2.09. The van der Waals surface area contributed by atoms with Crippen molar-refractivity contribution < 1.29 is 14.6 Å². The molecule has 4 heteroatoms. The molecule has 2 N–H and O–H groups in total. The second-order valence-corrected chi connectivity index (χ2v) is 4.27. The molecular weight excluding hydrogens is 230 g/mol. The van der Waals surface area contributed by atoms with Gasteiger partial charge in [0.2, 0.25) is 0 Å². The van der Waals surface area contributed by atoms with Gasteiger partial charge < -0.3 is 15.2 Å². The maximum Gasteiger partial charge on any atom is 0.303 e. The number of carboxylic acid groups (broad SMARTS) is 1. The first-order chi connectivity index (χ1) is 8.65. The number of hydrogen-bond donors (Lipinski definition) is 2. The van der Waals surface area contributed by atoms with Gasteiger partial charge in [-0.3, -0.25) is 4.79 Å². The highest BCUT2D eigenvalue weighted by Crippen LogP contribution is 2.24. The minimum atomic E-state index is -0.729. The summed E-state index contributed by atoms with van der Waals surface area (Å²) < 4.78 is 5.31. The van der Waals surface area contributed by atoms with Gasteiger partial charge in [0.1, 0.15) is 5.75 Å². The van der Waals surface area contributed by atoms with E-state index in [1.165, 1.54) is 0 Å². The van der Waals surface area contributed by atoms with E-state index < -0.39 is 5.97 Å². The Morgan fingerprint density at radius 2 is 2.11 bits per heavy atom. The normalized spacial score (nSPS) is 12.1. The molecule has 0 unspecified atom stereocenters. The topological polar surface area (TPSA) is 58.6 Å². The van der Waals surface area contributed by atoms with Gasteiger partial charge in [0, 0.05) is 18.0 Å². The summed E-state index contributed by atoms with van der Waals surface area (Å²) in [6, 6.07) is 8.11. The highest BCUT2D eigenvalue weighted by atomic mass is 16.5. The van der Waals surface area contributed by atoms with E-state index >= 15 is 0 Å². The van der Waals surface area contributed by atoms with Crippen molar-refractivity contribution in [3.05, 3.63) is 29.8 Å². The van der Waals surface area contributed by atoms with E-state index in [1.807, 2.05) is 24.3 Å². The number of carboxylic acids is 1. The molecule has 4 nitrogen and oxygen atoms in total. The molecule has 0 bridgehead atoms. The molecule has 0 aliphatic rings. The average molecular weight is 251 g/mol. The number of unbranched alkanes of at least 4 members (excludes halogenated alkanes) is 1. The van der Waals surface area contributed by atoms with Gasteiger partial charge in [0.05, 0.1) is 7.11 Å². The van der Waals surface area contributed by atoms with E-state index in [0.717, 1.165) is 24.3 Å². The van der Waals surface area contributed by atoms with E-state index in [1.54, 1.807) is 7.11 Å². The predicted molar refractivity (Wildman–Crippen MR) is 70.9 cm³/mol. The smallest absolute Gasteiger partial charge is 0.303 e. The van der Waals surface area contributed by atoms with Gasteiger partial charge in [0.15, 0.2) is 0 Å². The number of rotatable bonds is 8. The maximum atomic E-state index is 10.4. The zero-order valence-electron chi connectivity index (χ0n) is 11.0. The van der Waals surface area contributed by atoms with Crippen molar-refractivity contribution in [2.24, 2.45) is 0 Å². The minimum absolute atomic E-state index is 0.200. The third-order valence-electron chi connectivity index (χ3n) is 2.87. The zero-order valence-corrected chi connectivity index (χ0v) is 11.0. The number of nitrogens with one attached hydrogen (secondary N) is 1. The lowest BCUT2D eigenvalue weighted by molar-refractivity contribution is -0.137. The van der Waals surface area contributed by atoms with Gasteiger partial charge in [-0.2, -0.15) is 0 Å². The minimum Gasteiger partial charge on any atom is -0.496 e. The summed E-state index contributed by atoms with van der Waals surface area (Å²) in [5.74, 6) is 0.149. The van der Waals surface area contributed by atoms with Crippen LogP contribution in [0.25, 0.3) is 0 Å². The van der Waals surface area contributed by atoms with Crippen LogP contribution in [0.5, 0.6) is 5.75 Å². The predicted octanol–water partition coefficient (Wildman–Crippen LogP) is 2.60. The summed E-state index contributed by atoms with van der Waals surface area (Å²) in [5, 5.41) is 11.9. The SMILES string of the molecule is COc1ccccc1[C@H](C)NCCCCC(=O)O. The molecule has 1 atom stereocenters. The zero-order chi connectivity index (χ0) is 13.4. The fourth-order valence-corrected chi connectivity index (χ4v) is 1.85. The molecule has 0 heterocycles. The Hall–Kier alpha value is -1.55. The van der Waals surface area contributed by atoms with Gasteiger partial charge in [-0.25, -0.2) is 0 Å². The van der Waals surface area contributed by atoms with Crippen LogP contribution in [0.2, 0.25) is 0 Å². The summed E-state index contributed by atoms with van der Waals surface area (Å²) in [4.78, 5) is 10.4. The average Bonchev–Trinajstić information content (AvgIpc) is 2.37. The maximum absolute atomic E-state index is 10.4. The number of ether oxygens (including phenoxy) is 1. The van der Waals surface area contributed by atoms with Crippen LogP contribution in [0.15, 0.2) is 24.3 Å². The first kappa shape index (κ1) is 14.5. The van der Waals surface area contributed by atoms with Crippen molar-refractivity contribution in [1.82, 2.24) is 5.32 Å². The second kappa shape index (κ2) is 7.71. The summed E-state index contributed by atoms with van der Waals surface area (Å²) in [6.07, 6.45) is 1.82. The second-order valence-electron chi connectivity index (χ2n) is 4.27. The van der Waals surface area contributed by atoms with Crippen LogP contribution in [-0.4, -0.2) is 24.7 Å². The lowest BCUT2D eigenvalue weighted by atomic mass is 10.1. The first-order valence-electron chi connectivity index (χ1n) is 6.23. The van der Waals surface area contributed by atoms with Crippen LogP contribution in [0.4, 0.5) is 0 Å². The van der Waals surface area contributed by atoms with Crippen LogP contribution < -0.4 is 10.1 Å². The first-order valence-corrected chi connectivity index (χ1v) is 6.23. The third-order valence-corrected chi connectivity index (χ3v) is 2.87. The monoisotopic (exact) mass is 251 g/mol. The van der Waals surface area contributed by atoms with Crippen molar-refractivity contribution >= 4 is 5.97 Å². The Labute approximate surface area is 108 Å². The molecule has 0 saturated heterocycles. The lowest BCUT2D eigenvalue weighted by Crippen LogP contribution is -2.20. The molecule has 0 aromatic heterocycles. The van der Waals surface area contributed by atoms with E-state index in [9.17, 15) is 4.79 Å². The molecule has 1 rings (SSSR count). The number of hydrogen-bond acceptors (Lipinski definition) is 3. The van der Waals surface area contributed by atoms with Crippen molar-refractivity contribution in [1.29, 1.82) is 0 Å². The lowest BCUT2D eigenvalue weighted by Gasteiger charge is -2.17. The summed E-state index contributed by atoms with van der Waals surface area (Å²) in [5.41, 5.74) is 1.12. The molecule has 0 radical (unpaired) electrons. The molecule has 1 aromatic carbocycles. The third kappa shape index (κ3) is 4.75. The van der Waals surface area contributed by atoms with Crippen molar-refractivity contribution in [3.8, 4) is 5.75 Å². The molecule has 0 spiro atoms. The quantitative estimate of drug-likeness (QED) is 0.697. The van der Waals surface area contributed by atoms with Crippen LogP contribution in [0, 0.1) is 0 Å². The Morgan fingerprint density at radius 1 is 1.39 bits per heavy atom. The van der Waals surface area contributed by atoms with Crippen LogP contribution in [0.3, 0.4) is 0 Å². The number of aliphatic carboxylic acids is 1. The Morgan fingerprint density at radius 3 is 2.78 bits per heavy atom. The molecule has 100 valence electrons. The molecule has 0 aliphatic heterocycles. The largest absolute Gasteiger partial charge is 0.496 e. The molecule has 0 fully saturated rings. The molecular formula is C14H21NO3. The Kier molecular flexibility index (Phi) is 6.22. The van der Waals surface area contributed by atoms with Crippen molar-refractivity contribution in [2.75, 3.05) is 13.7 Å². The van der Waals surface area contributed by atoms with E-state index in [0.29, 0.717) is 6.42 Å². The fourth-order valence-electron chi connectivity index (χ4n) is 1.85. The van der Waals surface area contributed by atoms with Gasteiger partial charge in [-0.05, 0) is 32.4 Å². The van der Waals surface area contributed by atoms with Crippen molar-refractivity contribution in [2.45, 2.75) is 32.2 Å². The summed E-state index contributed by atoms with van der Waals surface area (Å²) in [7, 11) is 1.67. The molecule has 0 amide bonds. The van der Waals surface area contributed by atoms with Crippen molar-refractivity contribution in [3.63, 3.8) is 0 Å². The van der Waals surface area contributed by atoms with Gasteiger partial charge >= 0.3 is 5.97 Å². The van der Waals surface area contributed by atoms with Gasteiger partial charge in [-0.15, -0.1) is 0 Å². The molecule has 0 aliphatic carbocycles. The molecule has 18 heavy (non-hydrogen) atoms. The molecule has 1 aromatic rings.